The number of halogens is 1. The van der Waals surface area contributed by atoms with Gasteiger partial charge in [-0.1, -0.05) is 0 Å². The fourth-order valence-corrected chi connectivity index (χ4v) is 4.86. The van der Waals surface area contributed by atoms with Gasteiger partial charge in [0.15, 0.2) is 0 Å². The van der Waals surface area contributed by atoms with Crippen molar-refractivity contribution in [3.63, 3.8) is 0 Å². The van der Waals surface area contributed by atoms with Crippen LogP contribution in [0.1, 0.15) is 48.0 Å². The molecule has 1 unspecified atom stereocenters. The zero-order valence-electron chi connectivity index (χ0n) is 13.7. The lowest BCUT2D eigenvalue weighted by molar-refractivity contribution is 0.0163. The Bertz CT molecular complexity index is 650. The number of aryl methyl sites for hydroxylation is 1. The molecular weight excluding hydrogens is 309 g/mol. The zero-order chi connectivity index (χ0) is 16.7. The molecule has 1 aromatic carbocycles. The van der Waals surface area contributed by atoms with E-state index in [4.69, 9.17) is 5.21 Å². The number of hydroxylamine groups is 1. The maximum Gasteiger partial charge on any atom is 0.274 e. The van der Waals surface area contributed by atoms with Crippen LogP contribution in [0.25, 0.3) is 0 Å². The topological polar surface area (TPSA) is 73.4 Å². The number of hydrogen-bond donors (Lipinski definition) is 4. The first-order valence-electron chi connectivity index (χ1n) is 8.84. The van der Waals surface area contributed by atoms with Gasteiger partial charge in [-0.3, -0.25) is 10.0 Å². The van der Waals surface area contributed by atoms with E-state index in [2.05, 4.69) is 10.6 Å². The van der Waals surface area contributed by atoms with Gasteiger partial charge in [0.05, 0.1) is 5.69 Å². The third-order valence-electron chi connectivity index (χ3n) is 6.11. The Hall–Kier alpha value is -1.66. The van der Waals surface area contributed by atoms with E-state index >= 15 is 0 Å². The van der Waals surface area contributed by atoms with Gasteiger partial charge in [0.1, 0.15) is 5.82 Å². The van der Waals surface area contributed by atoms with E-state index in [-0.39, 0.29) is 5.56 Å². The third kappa shape index (κ3) is 2.67. The molecule has 1 aliphatic carbocycles. The molecule has 0 radical (unpaired) electrons. The number of benzene rings is 1. The van der Waals surface area contributed by atoms with E-state index in [0.717, 1.165) is 31.5 Å². The van der Waals surface area contributed by atoms with Crippen LogP contribution < -0.4 is 16.1 Å². The van der Waals surface area contributed by atoms with Gasteiger partial charge >= 0.3 is 0 Å². The molecule has 5 nitrogen and oxygen atoms in total. The molecule has 24 heavy (non-hydrogen) atoms. The van der Waals surface area contributed by atoms with Crippen LogP contribution >= 0.6 is 0 Å². The van der Waals surface area contributed by atoms with Crippen molar-refractivity contribution in [2.75, 3.05) is 18.4 Å². The second-order valence-corrected chi connectivity index (χ2v) is 7.67. The summed E-state index contributed by atoms with van der Waals surface area (Å²) in [6.07, 6.45) is 6.74. The molecule has 2 heterocycles. The van der Waals surface area contributed by atoms with Gasteiger partial charge in [-0.25, -0.2) is 9.87 Å². The summed E-state index contributed by atoms with van der Waals surface area (Å²) in [5, 5.41) is 15.6. The van der Waals surface area contributed by atoms with Gasteiger partial charge in [0.25, 0.3) is 5.91 Å². The van der Waals surface area contributed by atoms with E-state index in [0.29, 0.717) is 23.1 Å². The molecule has 6 heteroatoms. The maximum atomic E-state index is 14.4. The number of hydrogen-bond acceptors (Lipinski definition) is 4. The molecule has 1 amide bonds. The van der Waals surface area contributed by atoms with Crippen LogP contribution in [0.5, 0.6) is 0 Å². The minimum Gasteiger partial charge on any atom is -0.379 e. The Labute approximate surface area is 141 Å². The lowest BCUT2D eigenvalue weighted by Crippen LogP contribution is -2.53. The van der Waals surface area contributed by atoms with Gasteiger partial charge in [0, 0.05) is 18.2 Å². The lowest BCUT2D eigenvalue weighted by atomic mass is 9.56. The number of rotatable bonds is 2. The predicted molar refractivity (Wildman–Crippen MR) is 88.6 cm³/mol. The van der Waals surface area contributed by atoms with Crippen LogP contribution in [0, 0.1) is 17.2 Å². The summed E-state index contributed by atoms with van der Waals surface area (Å²) in [7, 11) is 0. The number of fused-ring (bicyclic) bond motifs is 1. The van der Waals surface area contributed by atoms with E-state index in [1.54, 1.807) is 11.5 Å². The number of nitrogens with one attached hydrogen (secondary N) is 3. The number of amides is 1. The summed E-state index contributed by atoms with van der Waals surface area (Å²) in [6.45, 7) is 2.26. The maximum absolute atomic E-state index is 14.4. The van der Waals surface area contributed by atoms with Crippen molar-refractivity contribution in [3.8, 4) is 0 Å². The van der Waals surface area contributed by atoms with Crippen molar-refractivity contribution in [2.45, 2.75) is 44.6 Å². The average Bonchev–Trinajstić information content (AvgIpc) is 2.59. The van der Waals surface area contributed by atoms with E-state index in [9.17, 15) is 9.18 Å². The standard InChI is InChI=1S/C18H24FN3O2/c19-14-7-12(17(23)22-24)6-11-2-3-15(21-16(11)14)13-8-18(9-13)4-1-5-20-10-18/h6-7,13,15,20-21,24H,1-5,8-10H2,(H,22,23). The molecule has 1 atom stereocenters. The van der Waals surface area contributed by atoms with Gasteiger partial charge in [-0.2, -0.15) is 0 Å². The van der Waals surface area contributed by atoms with Crippen LogP contribution in [-0.2, 0) is 6.42 Å². The first-order chi connectivity index (χ1) is 11.6. The summed E-state index contributed by atoms with van der Waals surface area (Å²) >= 11 is 0. The summed E-state index contributed by atoms with van der Waals surface area (Å²) in [5.74, 6) is -0.480. The molecule has 4 rings (SSSR count). The Kier molecular flexibility index (Phi) is 3.96. The summed E-state index contributed by atoms with van der Waals surface area (Å²) < 4.78 is 14.4. The summed E-state index contributed by atoms with van der Waals surface area (Å²) in [4.78, 5) is 11.5. The number of piperidine rings is 1. The molecular formula is C18H24FN3O2. The van der Waals surface area contributed by atoms with E-state index in [1.807, 2.05) is 0 Å². The van der Waals surface area contributed by atoms with Crippen molar-refractivity contribution in [1.82, 2.24) is 10.8 Å². The SMILES string of the molecule is O=C(NO)c1cc(F)c2c(c1)CCC(C1CC3(CCCNC3)C1)N2. The largest absolute Gasteiger partial charge is 0.379 e. The molecule has 1 spiro atoms. The van der Waals surface area contributed by atoms with Crippen LogP contribution in [-0.4, -0.2) is 30.2 Å². The molecule has 0 aromatic heterocycles. The molecule has 130 valence electrons. The molecule has 3 aliphatic rings. The second-order valence-electron chi connectivity index (χ2n) is 7.67. The fraction of sp³-hybridized carbons (Fsp3) is 0.611. The monoisotopic (exact) mass is 333 g/mol. The molecule has 1 saturated carbocycles. The van der Waals surface area contributed by atoms with Crippen LogP contribution in [0.15, 0.2) is 12.1 Å². The zero-order valence-corrected chi connectivity index (χ0v) is 13.7. The van der Waals surface area contributed by atoms with Crippen LogP contribution in [0.4, 0.5) is 10.1 Å². The van der Waals surface area contributed by atoms with Crippen molar-refractivity contribution in [3.05, 3.63) is 29.1 Å². The van der Waals surface area contributed by atoms with Gasteiger partial charge in [-0.05, 0) is 74.1 Å². The Balaban J connectivity index is 1.46. The minimum absolute atomic E-state index is 0.157. The first-order valence-corrected chi connectivity index (χ1v) is 8.84. The molecule has 1 aromatic rings. The van der Waals surface area contributed by atoms with Crippen molar-refractivity contribution >= 4 is 11.6 Å². The average molecular weight is 333 g/mol. The Morgan fingerprint density at radius 1 is 1.38 bits per heavy atom. The molecule has 2 fully saturated rings. The number of anilines is 1. The third-order valence-corrected chi connectivity index (χ3v) is 6.11. The molecule has 0 bridgehead atoms. The predicted octanol–water partition coefficient (Wildman–Crippen LogP) is 2.45. The number of carbonyl (C=O) groups is 1. The normalized spacial score (nSPS) is 31.8. The highest BCUT2D eigenvalue weighted by Gasteiger charge is 2.47. The Morgan fingerprint density at radius 3 is 2.92 bits per heavy atom. The highest BCUT2D eigenvalue weighted by molar-refractivity contribution is 5.94. The van der Waals surface area contributed by atoms with E-state index in [1.165, 1.54) is 31.7 Å². The van der Waals surface area contributed by atoms with Crippen molar-refractivity contribution in [1.29, 1.82) is 0 Å². The quantitative estimate of drug-likeness (QED) is 0.495. The summed E-state index contributed by atoms with van der Waals surface area (Å²) in [6, 6.07) is 3.17. The molecule has 2 aliphatic heterocycles. The highest BCUT2D eigenvalue weighted by Crippen LogP contribution is 2.52. The number of carbonyl (C=O) groups excluding carboxylic acids is 1. The smallest absolute Gasteiger partial charge is 0.274 e. The molecule has 4 N–H and O–H groups in total. The van der Waals surface area contributed by atoms with Crippen molar-refractivity contribution < 1.29 is 14.4 Å². The van der Waals surface area contributed by atoms with Gasteiger partial charge < -0.3 is 10.6 Å². The van der Waals surface area contributed by atoms with E-state index < -0.39 is 11.7 Å². The van der Waals surface area contributed by atoms with Crippen molar-refractivity contribution in [2.24, 2.45) is 11.3 Å². The highest BCUT2D eigenvalue weighted by atomic mass is 19.1. The second kappa shape index (κ2) is 6.01. The molecule has 1 saturated heterocycles. The van der Waals surface area contributed by atoms with Crippen LogP contribution in [0.2, 0.25) is 0 Å². The fourth-order valence-electron chi connectivity index (χ4n) is 4.86. The lowest BCUT2D eigenvalue weighted by Gasteiger charge is -2.53. The Morgan fingerprint density at radius 2 is 2.21 bits per heavy atom. The first kappa shape index (κ1) is 15.8. The van der Waals surface area contributed by atoms with Crippen LogP contribution in [0.3, 0.4) is 0 Å². The minimum atomic E-state index is -0.676. The summed E-state index contributed by atoms with van der Waals surface area (Å²) in [5.41, 5.74) is 3.55. The van der Waals surface area contributed by atoms with Gasteiger partial charge in [-0.15, -0.1) is 0 Å². The van der Waals surface area contributed by atoms with Gasteiger partial charge in [0.2, 0.25) is 0 Å².